The molecule has 0 saturated heterocycles. The van der Waals surface area contributed by atoms with Gasteiger partial charge in [0.2, 0.25) is 0 Å². The first-order valence-corrected chi connectivity index (χ1v) is 7.56. The van der Waals surface area contributed by atoms with E-state index in [1.165, 1.54) is 6.07 Å². The highest BCUT2D eigenvalue weighted by Gasteiger charge is 2.12. The van der Waals surface area contributed by atoms with Crippen LogP contribution in [0.3, 0.4) is 0 Å². The maximum absolute atomic E-state index is 12.2. The van der Waals surface area contributed by atoms with Gasteiger partial charge >= 0.3 is 0 Å². The zero-order valence-electron chi connectivity index (χ0n) is 12.2. The molecular formula is C15H16N4O2S. The zero-order valence-corrected chi connectivity index (χ0v) is 13.0. The number of nitrogen functional groups attached to an aromatic ring is 1. The van der Waals surface area contributed by atoms with Crippen molar-refractivity contribution in [3.05, 3.63) is 58.7 Å². The van der Waals surface area contributed by atoms with E-state index in [9.17, 15) is 9.59 Å². The molecule has 0 aliphatic rings. The first kappa shape index (κ1) is 16.0. The van der Waals surface area contributed by atoms with Crippen molar-refractivity contribution in [3.63, 3.8) is 0 Å². The van der Waals surface area contributed by atoms with Gasteiger partial charge in [0.25, 0.3) is 5.56 Å². The summed E-state index contributed by atoms with van der Waals surface area (Å²) in [6.07, 6.45) is 3.25. The van der Waals surface area contributed by atoms with Crippen molar-refractivity contribution in [2.24, 2.45) is 0 Å². The van der Waals surface area contributed by atoms with Gasteiger partial charge in [0, 0.05) is 18.8 Å². The van der Waals surface area contributed by atoms with Gasteiger partial charge in [-0.25, -0.2) is 0 Å². The minimum atomic E-state index is -0.429. The van der Waals surface area contributed by atoms with E-state index >= 15 is 0 Å². The van der Waals surface area contributed by atoms with Gasteiger partial charge in [0.05, 0.1) is 5.75 Å². The van der Waals surface area contributed by atoms with Gasteiger partial charge < -0.3 is 10.3 Å². The summed E-state index contributed by atoms with van der Waals surface area (Å²) in [4.78, 5) is 31.6. The molecule has 0 bridgehead atoms. The molecule has 7 heteroatoms. The lowest BCUT2D eigenvalue weighted by molar-refractivity contribution is 0.101. The molecule has 2 N–H and O–H groups in total. The molecular weight excluding hydrogens is 300 g/mol. The summed E-state index contributed by atoms with van der Waals surface area (Å²) in [5, 5.41) is 0.394. The molecule has 2 aromatic rings. The van der Waals surface area contributed by atoms with Gasteiger partial charge in [-0.15, -0.1) is 6.58 Å². The van der Waals surface area contributed by atoms with E-state index in [1.807, 2.05) is 13.0 Å². The molecule has 0 atom stereocenters. The summed E-state index contributed by atoms with van der Waals surface area (Å²) >= 11 is 1.16. The minimum absolute atomic E-state index is 0.128. The van der Waals surface area contributed by atoms with Crippen LogP contribution < -0.4 is 11.3 Å². The molecule has 0 unspecified atom stereocenters. The Hall–Kier alpha value is -2.41. The number of carbonyl (C=O) groups excluding carboxylic acids is 1. The number of ketones is 1. The number of allylic oxidation sites excluding steroid dienone is 1. The third-order valence-electron chi connectivity index (χ3n) is 2.86. The second kappa shape index (κ2) is 7.04. The van der Waals surface area contributed by atoms with Gasteiger partial charge in [-0.3, -0.25) is 14.6 Å². The highest BCUT2D eigenvalue weighted by atomic mass is 32.2. The number of aryl methyl sites for hydroxylation is 1. The Morgan fingerprint density at radius 1 is 1.50 bits per heavy atom. The fourth-order valence-electron chi connectivity index (χ4n) is 1.82. The van der Waals surface area contributed by atoms with E-state index in [2.05, 4.69) is 16.5 Å². The van der Waals surface area contributed by atoms with Crippen LogP contribution in [-0.2, 0) is 6.54 Å². The Morgan fingerprint density at radius 3 is 2.95 bits per heavy atom. The monoisotopic (exact) mass is 316 g/mol. The average Bonchev–Trinajstić information content (AvgIpc) is 2.48. The number of carbonyl (C=O) groups is 1. The Labute approximate surface area is 132 Å². The Balaban J connectivity index is 2.19. The van der Waals surface area contributed by atoms with Crippen LogP contribution >= 0.6 is 11.8 Å². The van der Waals surface area contributed by atoms with Crippen LogP contribution in [0.15, 0.2) is 47.0 Å². The molecule has 114 valence electrons. The van der Waals surface area contributed by atoms with Gasteiger partial charge in [-0.1, -0.05) is 17.8 Å². The second-order valence-corrected chi connectivity index (χ2v) is 5.57. The number of aromatic nitrogens is 3. The van der Waals surface area contributed by atoms with E-state index in [4.69, 9.17) is 5.73 Å². The zero-order chi connectivity index (χ0) is 16.1. The van der Waals surface area contributed by atoms with Crippen LogP contribution in [0.2, 0.25) is 0 Å². The lowest BCUT2D eigenvalue weighted by atomic mass is 10.2. The fraction of sp³-hybridized carbons (Fsp3) is 0.200. The van der Waals surface area contributed by atoms with Gasteiger partial charge in [0.15, 0.2) is 10.9 Å². The van der Waals surface area contributed by atoms with Crippen LogP contribution in [0.1, 0.15) is 16.1 Å². The molecule has 0 aliphatic heterocycles. The third-order valence-corrected chi connectivity index (χ3v) is 3.84. The molecule has 6 nitrogen and oxygen atoms in total. The average molecular weight is 316 g/mol. The summed E-state index contributed by atoms with van der Waals surface area (Å²) in [5.41, 5.74) is 6.74. The molecule has 2 rings (SSSR count). The quantitative estimate of drug-likeness (QED) is 0.377. The van der Waals surface area contributed by atoms with E-state index in [1.54, 1.807) is 22.9 Å². The standard InChI is InChI=1S/C15H16N4O2S/c1-3-6-19-13(16)8-14(21)18-15(19)22-9-12(20)11-7-10(2)4-5-17-11/h3-5,7-8H,1,6,9,16H2,2H3. The van der Waals surface area contributed by atoms with Crippen molar-refractivity contribution in [2.45, 2.75) is 18.6 Å². The highest BCUT2D eigenvalue weighted by molar-refractivity contribution is 7.99. The number of hydrogen-bond acceptors (Lipinski definition) is 6. The molecule has 0 aromatic carbocycles. The Kier molecular flexibility index (Phi) is 5.11. The smallest absolute Gasteiger partial charge is 0.275 e. The second-order valence-electron chi connectivity index (χ2n) is 4.63. The van der Waals surface area contributed by atoms with E-state index in [-0.39, 0.29) is 11.5 Å². The number of pyridine rings is 1. The maximum atomic E-state index is 12.2. The van der Waals surface area contributed by atoms with E-state index in [0.29, 0.717) is 23.2 Å². The largest absolute Gasteiger partial charge is 0.385 e. The van der Waals surface area contributed by atoms with E-state index < -0.39 is 5.56 Å². The topological polar surface area (TPSA) is 90.9 Å². The summed E-state index contributed by atoms with van der Waals surface area (Å²) in [6.45, 7) is 5.96. The number of Topliss-reactive ketones (excluding diaryl/α,β-unsaturated/α-hetero) is 1. The van der Waals surface area contributed by atoms with E-state index in [0.717, 1.165) is 17.3 Å². The number of hydrogen-bond donors (Lipinski definition) is 1. The SMILES string of the molecule is C=CCn1c(N)cc(=O)nc1SCC(=O)c1cc(C)ccn1. The van der Waals surface area contributed by atoms with Gasteiger partial charge in [0.1, 0.15) is 11.5 Å². The minimum Gasteiger partial charge on any atom is -0.385 e. The number of nitrogens with zero attached hydrogens (tertiary/aromatic N) is 3. The molecule has 0 aliphatic carbocycles. The maximum Gasteiger partial charge on any atom is 0.275 e. The number of anilines is 1. The van der Waals surface area contributed by atoms with Crippen LogP contribution in [-0.4, -0.2) is 26.1 Å². The lowest BCUT2D eigenvalue weighted by Gasteiger charge is -2.12. The molecule has 0 spiro atoms. The lowest BCUT2D eigenvalue weighted by Crippen LogP contribution is -2.18. The van der Waals surface area contributed by atoms with Gasteiger partial charge in [-0.2, -0.15) is 4.98 Å². The molecule has 0 radical (unpaired) electrons. The summed E-state index contributed by atoms with van der Waals surface area (Å²) in [7, 11) is 0. The first-order chi connectivity index (χ1) is 10.5. The van der Waals surface area contributed by atoms with Crippen LogP contribution in [0.25, 0.3) is 0 Å². The van der Waals surface area contributed by atoms with Crippen molar-refractivity contribution in [3.8, 4) is 0 Å². The van der Waals surface area contributed by atoms with Crippen molar-refractivity contribution in [2.75, 3.05) is 11.5 Å². The fourth-order valence-corrected chi connectivity index (χ4v) is 2.72. The highest BCUT2D eigenvalue weighted by Crippen LogP contribution is 2.18. The number of nitrogens with two attached hydrogens (primary N) is 1. The van der Waals surface area contributed by atoms with Crippen molar-refractivity contribution in [1.82, 2.24) is 14.5 Å². The molecule has 22 heavy (non-hydrogen) atoms. The summed E-state index contributed by atoms with van der Waals surface area (Å²) in [6, 6.07) is 4.80. The molecule has 0 saturated carbocycles. The van der Waals surface area contributed by atoms with Crippen LogP contribution in [0.5, 0.6) is 0 Å². The van der Waals surface area contributed by atoms with Crippen LogP contribution in [0.4, 0.5) is 5.82 Å². The number of rotatable bonds is 6. The summed E-state index contributed by atoms with van der Waals surface area (Å²) in [5.74, 6) is 0.294. The summed E-state index contributed by atoms with van der Waals surface area (Å²) < 4.78 is 1.63. The first-order valence-electron chi connectivity index (χ1n) is 6.58. The van der Waals surface area contributed by atoms with Crippen molar-refractivity contribution >= 4 is 23.4 Å². The molecule has 2 aromatic heterocycles. The molecule has 0 fully saturated rings. The predicted molar refractivity (Wildman–Crippen MR) is 87.1 cm³/mol. The third kappa shape index (κ3) is 3.82. The predicted octanol–water partition coefficient (Wildman–Crippen LogP) is 1.69. The normalized spacial score (nSPS) is 10.4. The molecule has 0 amide bonds. The van der Waals surface area contributed by atoms with Crippen molar-refractivity contribution < 1.29 is 4.79 Å². The van der Waals surface area contributed by atoms with Crippen LogP contribution in [0, 0.1) is 6.92 Å². The number of thioether (sulfide) groups is 1. The van der Waals surface area contributed by atoms with Gasteiger partial charge in [-0.05, 0) is 24.6 Å². The van der Waals surface area contributed by atoms with Crippen molar-refractivity contribution in [1.29, 1.82) is 0 Å². The Bertz CT molecular complexity index is 770. The Morgan fingerprint density at radius 2 is 2.27 bits per heavy atom. The molecule has 2 heterocycles.